The van der Waals surface area contributed by atoms with E-state index in [1.807, 2.05) is 36.4 Å². The number of hydrogen-bond donors (Lipinski definition) is 1. The summed E-state index contributed by atoms with van der Waals surface area (Å²) in [5.74, 6) is -0.361. The maximum Gasteiger partial charge on any atom is 0.272 e. The van der Waals surface area contributed by atoms with Crippen LogP contribution in [0.15, 0.2) is 66.0 Å². The molecule has 0 bridgehead atoms. The van der Waals surface area contributed by atoms with Gasteiger partial charge in [-0.05, 0) is 47.9 Å². The molecule has 8 heteroatoms. The molecule has 0 aliphatic heterocycles. The van der Waals surface area contributed by atoms with Crippen molar-refractivity contribution in [1.82, 2.24) is 13.9 Å². The van der Waals surface area contributed by atoms with Gasteiger partial charge < -0.3 is 9.88 Å². The van der Waals surface area contributed by atoms with Crippen LogP contribution in [0.3, 0.4) is 0 Å². The first kappa shape index (κ1) is 21.7. The molecular weight excluding hydrogens is 400 g/mol. The van der Waals surface area contributed by atoms with Crippen molar-refractivity contribution in [3.63, 3.8) is 0 Å². The highest BCUT2D eigenvalue weighted by molar-refractivity contribution is 7.89. The summed E-state index contributed by atoms with van der Waals surface area (Å²) in [5.41, 5.74) is 3.20. The zero-order valence-corrected chi connectivity index (χ0v) is 18.2. The standard InChI is InChI=1S/C22H26N4O3S/c1-4-26(5-2)30(28,29)20-15-21(25(3)16-20)22(27)24-19-8-6-17(7-9-19)14-18-10-12-23-13-11-18/h6-13,15-16H,4-5,14H2,1-3H3,(H,24,27). The summed E-state index contributed by atoms with van der Waals surface area (Å²) in [5, 5.41) is 2.83. The third-order valence-corrected chi connectivity index (χ3v) is 6.94. The molecule has 0 saturated heterocycles. The van der Waals surface area contributed by atoms with E-state index in [1.54, 1.807) is 33.3 Å². The van der Waals surface area contributed by atoms with Crippen molar-refractivity contribution in [2.24, 2.45) is 7.05 Å². The number of pyridine rings is 1. The number of hydrogen-bond acceptors (Lipinski definition) is 4. The van der Waals surface area contributed by atoms with Crippen molar-refractivity contribution in [2.75, 3.05) is 18.4 Å². The lowest BCUT2D eigenvalue weighted by Gasteiger charge is -2.17. The van der Waals surface area contributed by atoms with Crippen molar-refractivity contribution in [1.29, 1.82) is 0 Å². The largest absolute Gasteiger partial charge is 0.345 e. The van der Waals surface area contributed by atoms with Crippen molar-refractivity contribution in [2.45, 2.75) is 25.2 Å². The average molecular weight is 427 g/mol. The molecular formula is C22H26N4O3S. The van der Waals surface area contributed by atoms with Crippen LogP contribution >= 0.6 is 0 Å². The number of aromatic nitrogens is 2. The Labute approximate surface area is 177 Å². The first-order valence-electron chi connectivity index (χ1n) is 9.80. The van der Waals surface area contributed by atoms with Crippen molar-refractivity contribution in [3.05, 3.63) is 77.9 Å². The van der Waals surface area contributed by atoms with Crippen LogP contribution in [0.2, 0.25) is 0 Å². The van der Waals surface area contributed by atoms with Gasteiger partial charge >= 0.3 is 0 Å². The molecule has 0 aliphatic carbocycles. The molecule has 0 fully saturated rings. The van der Waals surface area contributed by atoms with Crippen LogP contribution in [0.1, 0.15) is 35.5 Å². The number of anilines is 1. The summed E-state index contributed by atoms with van der Waals surface area (Å²) in [4.78, 5) is 16.8. The van der Waals surface area contributed by atoms with Gasteiger partial charge in [0.2, 0.25) is 10.0 Å². The zero-order chi connectivity index (χ0) is 21.7. The van der Waals surface area contributed by atoms with Crippen LogP contribution in [0.5, 0.6) is 0 Å². The molecule has 2 heterocycles. The van der Waals surface area contributed by atoms with Gasteiger partial charge in [-0.3, -0.25) is 9.78 Å². The molecule has 0 unspecified atom stereocenters. The topological polar surface area (TPSA) is 84.3 Å². The Kier molecular flexibility index (Phi) is 6.69. The van der Waals surface area contributed by atoms with Crippen molar-refractivity contribution in [3.8, 4) is 0 Å². The Hall–Kier alpha value is -2.97. The second-order valence-corrected chi connectivity index (χ2v) is 8.88. The molecule has 30 heavy (non-hydrogen) atoms. The minimum absolute atomic E-state index is 0.117. The molecule has 0 spiro atoms. The van der Waals surface area contributed by atoms with E-state index in [0.717, 1.165) is 17.5 Å². The molecule has 1 amide bonds. The molecule has 3 aromatic rings. The predicted molar refractivity (Wildman–Crippen MR) is 117 cm³/mol. The number of carbonyl (C=O) groups excluding carboxylic acids is 1. The number of benzene rings is 1. The van der Waals surface area contributed by atoms with Gasteiger partial charge in [0.15, 0.2) is 0 Å². The number of rotatable bonds is 8. The van der Waals surface area contributed by atoms with Gasteiger partial charge in [-0.25, -0.2) is 8.42 Å². The van der Waals surface area contributed by atoms with Crippen LogP contribution in [-0.4, -0.2) is 41.3 Å². The van der Waals surface area contributed by atoms with E-state index in [-0.39, 0.29) is 16.5 Å². The lowest BCUT2D eigenvalue weighted by Crippen LogP contribution is -2.30. The summed E-state index contributed by atoms with van der Waals surface area (Å²) >= 11 is 0. The summed E-state index contributed by atoms with van der Waals surface area (Å²) in [6.45, 7) is 4.33. The molecule has 158 valence electrons. The summed E-state index contributed by atoms with van der Waals surface area (Å²) < 4.78 is 28.3. The molecule has 0 saturated carbocycles. The number of sulfonamides is 1. The van der Waals surface area contributed by atoms with Gasteiger partial charge in [0.1, 0.15) is 10.6 Å². The minimum Gasteiger partial charge on any atom is -0.345 e. The van der Waals surface area contributed by atoms with Gasteiger partial charge in [-0.15, -0.1) is 0 Å². The maximum atomic E-state index is 12.7. The Morgan fingerprint density at radius 2 is 1.63 bits per heavy atom. The van der Waals surface area contributed by atoms with Gasteiger partial charge in [0.25, 0.3) is 5.91 Å². The fraction of sp³-hybridized carbons (Fsp3) is 0.273. The number of amides is 1. The summed E-state index contributed by atoms with van der Waals surface area (Å²) in [7, 11) is -1.96. The number of carbonyl (C=O) groups is 1. The SMILES string of the molecule is CCN(CC)S(=O)(=O)c1cc(C(=O)Nc2ccc(Cc3ccncc3)cc2)n(C)c1. The lowest BCUT2D eigenvalue weighted by atomic mass is 10.1. The van der Waals surface area contributed by atoms with Gasteiger partial charge in [-0.2, -0.15) is 4.31 Å². The third-order valence-electron chi connectivity index (χ3n) is 4.93. The summed E-state index contributed by atoms with van der Waals surface area (Å²) in [6.07, 6.45) is 5.78. The van der Waals surface area contributed by atoms with E-state index in [9.17, 15) is 13.2 Å². The van der Waals surface area contributed by atoms with E-state index in [4.69, 9.17) is 0 Å². The molecule has 1 aromatic carbocycles. The Morgan fingerprint density at radius 3 is 2.23 bits per heavy atom. The van der Waals surface area contributed by atoms with Crippen LogP contribution in [0.4, 0.5) is 5.69 Å². The zero-order valence-electron chi connectivity index (χ0n) is 17.4. The van der Waals surface area contributed by atoms with E-state index in [0.29, 0.717) is 18.8 Å². The monoisotopic (exact) mass is 426 g/mol. The second-order valence-electron chi connectivity index (χ2n) is 6.94. The molecule has 2 aromatic heterocycles. The van der Waals surface area contributed by atoms with Crippen LogP contribution in [0.25, 0.3) is 0 Å². The quantitative estimate of drug-likeness (QED) is 0.599. The summed E-state index contributed by atoms with van der Waals surface area (Å²) in [6, 6.07) is 12.9. The van der Waals surface area contributed by atoms with Crippen LogP contribution < -0.4 is 5.32 Å². The molecule has 3 rings (SSSR count). The average Bonchev–Trinajstić information content (AvgIpc) is 3.14. The molecule has 7 nitrogen and oxygen atoms in total. The maximum absolute atomic E-state index is 12.7. The fourth-order valence-corrected chi connectivity index (χ4v) is 4.78. The van der Waals surface area contributed by atoms with E-state index < -0.39 is 10.0 Å². The minimum atomic E-state index is -3.62. The molecule has 0 atom stereocenters. The highest BCUT2D eigenvalue weighted by Gasteiger charge is 2.25. The third kappa shape index (κ3) is 4.77. The van der Waals surface area contributed by atoms with Gasteiger partial charge in [0, 0.05) is 44.4 Å². The van der Waals surface area contributed by atoms with E-state index in [1.165, 1.54) is 21.1 Å². The molecule has 1 N–H and O–H groups in total. The Bertz CT molecular complexity index is 1100. The first-order chi connectivity index (χ1) is 14.3. The lowest BCUT2D eigenvalue weighted by molar-refractivity contribution is 0.101. The van der Waals surface area contributed by atoms with Gasteiger partial charge in [0.05, 0.1) is 0 Å². The van der Waals surface area contributed by atoms with Crippen molar-refractivity contribution >= 4 is 21.6 Å². The number of nitrogens with one attached hydrogen (secondary N) is 1. The van der Waals surface area contributed by atoms with Gasteiger partial charge in [-0.1, -0.05) is 26.0 Å². The second kappa shape index (κ2) is 9.23. The van der Waals surface area contributed by atoms with Crippen LogP contribution in [-0.2, 0) is 23.5 Å². The normalized spacial score (nSPS) is 11.6. The number of aryl methyl sites for hydroxylation is 1. The number of nitrogens with zero attached hydrogens (tertiary/aromatic N) is 3. The highest BCUT2D eigenvalue weighted by atomic mass is 32.2. The highest BCUT2D eigenvalue weighted by Crippen LogP contribution is 2.20. The smallest absolute Gasteiger partial charge is 0.272 e. The fourth-order valence-electron chi connectivity index (χ4n) is 3.25. The molecule has 0 aliphatic rings. The van der Waals surface area contributed by atoms with E-state index in [2.05, 4.69) is 10.3 Å². The predicted octanol–water partition coefficient (Wildman–Crippen LogP) is 3.29. The Balaban J connectivity index is 1.73. The van der Waals surface area contributed by atoms with Crippen LogP contribution in [0, 0.1) is 0 Å². The van der Waals surface area contributed by atoms with E-state index >= 15 is 0 Å². The van der Waals surface area contributed by atoms with Crippen molar-refractivity contribution < 1.29 is 13.2 Å². The first-order valence-corrected chi connectivity index (χ1v) is 11.2. The Morgan fingerprint density at radius 1 is 1.03 bits per heavy atom. The molecule has 0 radical (unpaired) electrons.